The second kappa shape index (κ2) is 11.7. The molecule has 0 aliphatic heterocycles. The Kier molecular flexibility index (Phi) is 9.37. The van der Waals surface area contributed by atoms with Gasteiger partial charge in [-0.3, -0.25) is 4.99 Å². The van der Waals surface area contributed by atoms with E-state index >= 15 is 0 Å². The van der Waals surface area contributed by atoms with Gasteiger partial charge in [0.15, 0.2) is 0 Å². The molecule has 2 aromatic carbocycles. The Hall–Kier alpha value is -2.34. The topological polar surface area (TPSA) is 66.7 Å². The van der Waals surface area contributed by atoms with Crippen molar-refractivity contribution in [1.82, 2.24) is 0 Å². The molecule has 0 amide bonds. The third-order valence-electron chi connectivity index (χ3n) is 4.07. The molecule has 0 radical (unpaired) electrons. The van der Waals surface area contributed by atoms with Gasteiger partial charge in [-0.25, -0.2) is 0 Å². The SMILES string of the molecule is CC(=NCC(=S)Cc1ccccc1)c1csc(-c2ccc(Cl)c(Cl)c2)c1O.O=C=O. The van der Waals surface area contributed by atoms with Gasteiger partial charge in [0.2, 0.25) is 0 Å². The predicted molar refractivity (Wildman–Crippen MR) is 126 cm³/mol. The van der Waals surface area contributed by atoms with Crippen LogP contribution in [0.15, 0.2) is 58.9 Å². The molecule has 0 fully saturated rings. The number of carbonyl (C=O) groups excluding carboxylic acids is 2. The molecular weight excluding hydrogens is 461 g/mol. The molecule has 154 valence electrons. The number of rotatable bonds is 6. The number of nitrogens with zero attached hydrogens (tertiary/aromatic N) is 1. The van der Waals surface area contributed by atoms with Crippen LogP contribution in [0.2, 0.25) is 10.0 Å². The van der Waals surface area contributed by atoms with Crippen LogP contribution in [0.1, 0.15) is 18.1 Å². The molecule has 0 atom stereocenters. The molecule has 30 heavy (non-hydrogen) atoms. The minimum Gasteiger partial charge on any atom is -0.506 e. The molecule has 1 aromatic heterocycles. The van der Waals surface area contributed by atoms with Gasteiger partial charge in [-0.1, -0.05) is 71.8 Å². The first-order valence-corrected chi connectivity index (χ1v) is 10.7. The van der Waals surface area contributed by atoms with E-state index in [1.807, 2.05) is 36.6 Å². The fraction of sp³-hybridized carbons (Fsp3) is 0.136. The average Bonchev–Trinajstić information content (AvgIpc) is 3.11. The Morgan fingerprint density at radius 3 is 2.43 bits per heavy atom. The Morgan fingerprint density at radius 1 is 1.13 bits per heavy atom. The lowest BCUT2D eigenvalue weighted by Gasteiger charge is -2.05. The third-order valence-corrected chi connectivity index (χ3v) is 6.10. The standard InChI is InChI=1S/C21H17Cl2NOS2.CO2/c1-13(24-11-16(26)9-14-5-3-2-4-6-14)17-12-27-21(20(17)25)15-7-8-18(22)19(23)10-15;2-1-3/h2-8,10,12,25H,9,11H2,1H3;. The molecule has 0 bridgehead atoms. The van der Waals surface area contributed by atoms with E-state index < -0.39 is 0 Å². The van der Waals surface area contributed by atoms with E-state index in [1.54, 1.807) is 12.1 Å². The summed E-state index contributed by atoms with van der Waals surface area (Å²) in [5.74, 6) is 0.202. The summed E-state index contributed by atoms with van der Waals surface area (Å²) in [5.41, 5.74) is 3.47. The number of hydrogen-bond acceptors (Lipinski definition) is 6. The minimum atomic E-state index is 0.202. The predicted octanol–water partition coefficient (Wildman–Crippen LogP) is 6.27. The van der Waals surface area contributed by atoms with Crippen molar-refractivity contribution in [1.29, 1.82) is 0 Å². The summed E-state index contributed by atoms with van der Waals surface area (Å²) in [6.07, 6.45) is 0.969. The van der Waals surface area contributed by atoms with E-state index in [2.05, 4.69) is 17.1 Å². The van der Waals surface area contributed by atoms with Crippen LogP contribution in [0, 0.1) is 0 Å². The van der Waals surface area contributed by atoms with E-state index in [9.17, 15) is 5.11 Å². The van der Waals surface area contributed by atoms with Gasteiger partial charge in [0.25, 0.3) is 0 Å². The van der Waals surface area contributed by atoms with Gasteiger partial charge in [0, 0.05) is 27.9 Å². The second-order valence-electron chi connectivity index (χ2n) is 6.14. The summed E-state index contributed by atoms with van der Waals surface area (Å²) < 4.78 is 0. The van der Waals surface area contributed by atoms with Crippen molar-refractivity contribution >= 4 is 63.5 Å². The number of benzene rings is 2. The highest BCUT2D eigenvalue weighted by molar-refractivity contribution is 7.80. The fourth-order valence-electron chi connectivity index (χ4n) is 2.62. The zero-order valence-corrected chi connectivity index (χ0v) is 19.0. The summed E-state index contributed by atoms with van der Waals surface area (Å²) in [6.45, 7) is 2.33. The van der Waals surface area contributed by atoms with Gasteiger partial charge < -0.3 is 5.11 Å². The lowest BCUT2D eigenvalue weighted by Crippen LogP contribution is -2.06. The van der Waals surface area contributed by atoms with Gasteiger partial charge >= 0.3 is 6.15 Å². The summed E-state index contributed by atoms with van der Waals surface area (Å²) in [4.78, 5) is 22.4. The molecule has 0 saturated carbocycles. The van der Waals surface area contributed by atoms with Gasteiger partial charge in [-0.05, 0) is 30.2 Å². The van der Waals surface area contributed by atoms with Crippen molar-refractivity contribution in [2.24, 2.45) is 4.99 Å². The first-order chi connectivity index (χ1) is 14.4. The van der Waals surface area contributed by atoms with Crippen molar-refractivity contribution in [2.75, 3.05) is 6.54 Å². The largest absolute Gasteiger partial charge is 0.506 e. The molecule has 8 heteroatoms. The number of halogens is 2. The van der Waals surface area contributed by atoms with E-state index in [-0.39, 0.29) is 11.9 Å². The van der Waals surface area contributed by atoms with Crippen molar-refractivity contribution in [3.63, 3.8) is 0 Å². The smallest absolute Gasteiger partial charge is 0.373 e. The summed E-state index contributed by atoms with van der Waals surface area (Å²) in [5, 5.41) is 13.5. The van der Waals surface area contributed by atoms with Crippen LogP contribution < -0.4 is 0 Å². The molecule has 0 aliphatic rings. The molecule has 3 aromatic rings. The second-order valence-corrected chi connectivity index (χ2v) is 8.41. The maximum Gasteiger partial charge on any atom is 0.373 e. The monoisotopic (exact) mass is 477 g/mol. The minimum absolute atomic E-state index is 0.202. The highest BCUT2D eigenvalue weighted by Gasteiger charge is 2.15. The van der Waals surface area contributed by atoms with Crippen molar-refractivity contribution in [2.45, 2.75) is 13.3 Å². The highest BCUT2D eigenvalue weighted by atomic mass is 35.5. The Balaban J connectivity index is 0.00000101. The molecule has 0 spiro atoms. The lowest BCUT2D eigenvalue weighted by atomic mass is 10.1. The molecule has 0 unspecified atom stereocenters. The van der Waals surface area contributed by atoms with Gasteiger partial charge in [-0.15, -0.1) is 11.3 Å². The van der Waals surface area contributed by atoms with E-state index in [4.69, 9.17) is 45.0 Å². The number of hydrogen-bond donors (Lipinski definition) is 1. The van der Waals surface area contributed by atoms with Gasteiger partial charge in [-0.2, -0.15) is 9.59 Å². The van der Waals surface area contributed by atoms with Crippen LogP contribution in [-0.2, 0) is 16.0 Å². The average molecular weight is 478 g/mol. The summed E-state index contributed by atoms with van der Waals surface area (Å²) in [7, 11) is 0. The number of aliphatic imine (C=N–C) groups is 1. The fourth-order valence-corrected chi connectivity index (χ4v) is 4.15. The zero-order chi connectivity index (χ0) is 22.1. The molecule has 3 rings (SSSR count). The van der Waals surface area contributed by atoms with Crippen LogP contribution in [0.4, 0.5) is 0 Å². The summed E-state index contributed by atoms with van der Waals surface area (Å²) >= 11 is 19.0. The zero-order valence-electron chi connectivity index (χ0n) is 15.9. The molecule has 1 heterocycles. The quantitative estimate of drug-likeness (QED) is 0.335. The summed E-state index contributed by atoms with van der Waals surface area (Å²) in [6, 6.07) is 15.4. The molecule has 0 saturated heterocycles. The first kappa shape index (κ1) is 23.9. The first-order valence-electron chi connectivity index (χ1n) is 8.69. The van der Waals surface area contributed by atoms with Crippen molar-refractivity contribution in [3.8, 4) is 16.2 Å². The van der Waals surface area contributed by atoms with Crippen LogP contribution in [-0.4, -0.2) is 28.4 Å². The number of aromatic hydroxyl groups is 1. The van der Waals surface area contributed by atoms with Crippen LogP contribution in [0.25, 0.3) is 10.4 Å². The normalized spacial score (nSPS) is 10.7. The number of thiophene rings is 1. The Morgan fingerprint density at radius 2 is 1.80 bits per heavy atom. The molecule has 0 aliphatic carbocycles. The molecule has 1 N–H and O–H groups in total. The van der Waals surface area contributed by atoms with Crippen LogP contribution in [0.3, 0.4) is 0 Å². The van der Waals surface area contributed by atoms with E-state index in [1.165, 1.54) is 16.9 Å². The maximum absolute atomic E-state index is 10.6. The lowest BCUT2D eigenvalue weighted by molar-refractivity contribution is -0.191. The van der Waals surface area contributed by atoms with Crippen LogP contribution >= 0.6 is 46.8 Å². The van der Waals surface area contributed by atoms with Gasteiger partial charge in [0.05, 0.1) is 21.5 Å². The number of thiocarbonyl (C=S) groups is 1. The van der Waals surface area contributed by atoms with Crippen LogP contribution in [0.5, 0.6) is 5.75 Å². The third kappa shape index (κ3) is 6.59. The van der Waals surface area contributed by atoms with Crippen molar-refractivity contribution < 1.29 is 14.7 Å². The van der Waals surface area contributed by atoms with E-state index in [0.717, 1.165) is 27.4 Å². The Bertz CT molecular complexity index is 1090. The Labute approximate surface area is 193 Å². The maximum atomic E-state index is 10.6. The molecular formula is C22H17Cl2NO3S2. The van der Waals surface area contributed by atoms with Gasteiger partial charge in [0.1, 0.15) is 5.75 Å². The van der Waals surface area contributed by atoms with Crippen molar-refractivity contribution in [3.05, 3.63) is 75.1 Å². The van der Waals surface area contributed by atoms with E-state index in [0.29, 0.717) is 22.2 Å². The molecule has 4 nitrogen and oxygen atoms in total. The highest BCUT2D eigenvalue weighted by Crippen LogP contribution is 2.40.